The fraction of sp³-hybridized carbons (Fsp3) is 0.895. The zero-order valence-corrected chi connectivity index (χ0v) is 19.2. The fourth-order valence-electron chi connectivity index (χ4n) is 4.41. The predicted octanol–water partition coefficient (Wildman–Crippen LogP) is 2.50. The number of ether oxygens (including phenoxy) is 2. The first-order valence-corrected chi connectivity index (χ1v) is 10.1. The van der Waals surface area contributed by atoms with Crippen LogP contribution in [-0.4, -0.2) is 56.5 Å². The van der Waals surface area contributed by atoms with Crippen molar-refractivity contribution in [3.63, 3.8) is 0 Å². The van der Waals surface area contributed by atoms with Gasteiger partial charge in [0.05, 0.1) is 25.3 Å². The second-order valence-electron chi connectivity index (χ2n) is 8.22. The third-order valence-corrected chi connectivity index (χ3v) is 5.95. The summed E-state index contributed by atoms with van der Waals surface area (Å²) in [5, 5.41) is 9.94. The zero-order chi connectivity index (χ0) is 18.7. The first kappa shape index (κ1) is 22.5. The molecule has 0 aromatic carbocycles. The summed E-state index contributed by atoms with van der Waals surface area (Å²) in [6, 6.07) is 0.409. The minimum absolute atomic E-state index is 0. The molecule has 27 heavy (non-hydrogen) atoms. The Labute approximate surface area is 179 Å². The quantitative estimate of drug-likeness (QED) is 0.288. The van der Waals surface area contributed by atoms with Crippen molar-refractivity contribution in [3.05, 3.63) is 0 Å². The number of halogens is 1. The van der Waals surface area contributed by atoms with Gasteiger partial charge in [0.25, 0.3) is 0 Å². The molecule has 7 nitrogen and oxygen atoms in total. The van der Waals surface area contributed by atoms with Gasteiger partial charge in [0, 0.05) is 30.5 Å². The highest BCUT2D eigenvalue weighted by Gasteiger charge is 2.59. The van der Waals surface area contributed by atoms with Gasteiger partial charge in [-0.1, -0.05) is 13.8 Å². The van der Waals surface area contributed by atoms with Gasteiger partial charge >= 0.3 is 6.09 Å². The second kappa shape index (κ2) is 9.62. The van der Waals surface area contributed by atoms with Crippen LogP contribution in [0.25, 0.3) is 0 Å². The molecule has 1 saturated heterocycles. The van der Waals surface area contributed by atoms with Crippen LogP contribution < -0.4 is 16.0 Å². The van der Waals surface area contributed by atoms with Crippen LogP contribution in [0.15, 0.2) is 4.99 Å². The molecule has 0 radical (unpaired) electrons. The van der Waals surface area contributed by atoms with Crippen molar-refractivity contribution in [2.24, 2.45) is 22.2 Å². The Morgan fingerprint density at radius 3 is 2.67 bits per heavy atom. The normalized spacial score (nSPS) is 29.6. The van der Waals surface area contributed by atoms with Crippen molar-refractivity contribution in [1.29, 1.82) is 0 Å². The Hall–Kier alpha value is -0.770. The Kier molecular flexibility index (Phi) is 8.03. The van der Waals surface area contributed by atoms with Crippen molar-refractivity contribution in [2.45, 2.75) is 65.1 Å². The van der Waals surface area contributed by atoms with Crippen LogP contribution in [0.5, 0.6) is 0 Å². The number of hydrogen-bond acceptors (Lipinski definition) is 4. The number of fused-ring (bicyclic) bond motifs is 1. The topological polar surface area (TPSA) is 84.0 Å². The van der Waals surface area contributed by atoms with E-state index in [0.717, 1.165) is 38.4 Å². The number of nitrogens with one attached hydrogen (secondary N) is 3. The highest BCUT2D eigenvalue weighted by molar-refractivity contribution is 14.0. The van der Waals surface area contributed by atoms with E-state index in [1.165, 1.54) is 0 Å². The van der Waals surface area contributed by atoms with Crippen molar-refractivity contribution in [3.8, 4) is 0 Å². The second-order valence-corrected chi connectivity index (χ2v) is 8.22. The van der Waals surface area contributed by atoms with Crippen LogP contribution in [-0.2, 0) is 9.47 Å². The van der Waals surface area contributed by atoms with Crippen LogP contribution in [0, 0.1) is 17.3 Å². The summed E-state index contributed by atoms with van der Waals surface area (Å²) in [6.07, 6.45) is 3.41. The van der Waals surface area contributed by atoms with E-state index in [0.29, 0.717) is 37.1 Å². The summed E-state index contributed by atoms with van der Waals surface area (Å²) in [4.78, 5) is 16.5. The average Bonchev–Trinajstić information content (AvgIpc) is 3.34. The highest BCUT2D eigenvalue weighted by atomic mass is 127. The Balaban J connectivity index is 0.00000261. The molecule has 0 aromatic rings. The number of amides is 1. The molecule has 1 amide bonds. The van der Waals surface area contributed by atoms with Crippen LogP contribution in [0.2, 0.25) is 0 Å². The van der Waals surface area contributed by atoms with Crippen LogP contribution in [0.4, 0.5) is 4.79 Å². The lowest BCUT2D eigenvalue weighted by atomic mass is 9.57. The highest BCUT2D eigenvalue weighted by Crippen LogP contribution is 2.52. The average molecular weight is 494 g/mol. The van der Waals surface area contributed by atoms with Gasteiger partial charge in [-0.25, -0.2) is 4.79 Å². The molecule has 0 spiro atoms. The largest absolute Gasteiger partial charge is 0.450 e. The molecule has 0 bridgehead atoms. The maximum atomic E-state index is 11.8. The smallest absolute Gasteiger partial charge is 0.407 e. The molecule has 3 fully saturated rings. The molecule has 2 aliphatic carbocycles. The molecule has 8 heteroatoms. The van der Waals surface area contributed by atoms with Gasteiger partial charge < -0.3 is 25.4 Å². The number of aliphatic imine (C=N–C) groups is 1. The lowest BCUT2D eigenvalue weighted by Crippen LogP contribution is -2.68. The number of carbonyl (C=O) groups excluding carboxylic acids is 1. The SMILES string of the molecule is CCNC(=NCC(NC(=O)OCC)C1CC1)NC1C2CCOC2C1(C)C.I. The maximum Gasteiger partial charge on any atom is 0.407 e. The zero-order valence-electron chi connectivity index (χ0n) is 16.9. The number of nitrogens with zero attached hydrogens (tertiary/aromatic N) is 1. The van der Waals surface area contributed by atoms with Crippen molar-refractivity contribution in [2.75, 3.05) is 26.3 Å². The Bertz CT molecular complexity index is 539. The summed E-state index contributed by atoms with van der Waals surface area (Å²) in [6.45, 7) is 11.0. The van der Waals surface area contributed by atoms with Crippen molar-refractivity contribution >= 4 is 36.0 Å². The lowest BCUT2D eigenvalue weighted by Gasteiger charge is -2.54. The number of guanidine groups is 1. The van der Waals surface area contributed by atoms with Crippen molar-refractivity contribution < 1.29 is 14.3 Å². The van der Waals surface area contributed by atoms with Crippen LogP contribution in [0.3, 0.4) is 0 Å². The molecular formula is C19H35IN4O3. The number of rotatable bonds is 7. The molecule has 3 rings (SSSR count). The van der Waals surface area contributed by atoms with Gasteiger partial charge in [0.2, 0.25) is 0 Å². The van der Waals surface area contributed by atoms with E-state index in [1.807, 2.05) is 6.92 Å². The monoisotopic (exact) mass is 494 g/mol. The molecule has 1 heterocycles. The van der Waals surface area contributed by atoms with Crippen molar-refractivity contribution in [1.82, 2.24) is 16.0 Å². The predicted molar refractivity (Wildman–Crippen MR) is 117 cm³/mol. The molecule has 156 valence electrons. The Morgan fingerprint density at radius 2 is 2.04 bits per heavy atom. The van der Waals surface area contributed by atoms with E-state index in [9.17, 15) is 4.79 Å². The van der Waals surface area contributed by atoms with E-state index < -0.39 is 0 Å². The van der Waals surface area contributed by atoms with Gasteiger partial charge in [-0.05, 0) is 39.0 Å². The van der Waals surface area contributed by atoms with E-state index in [1.54, 1.807) is 0 Å². The summed E-state index contributed by atoms with van der Waals surface area (Å²) in [5.41, 5.74) is 0.108. The standard InChI is InChI=1S/C19H34N4O3.HI/c1-5-20-17(23-15-13-9-10-26-16(13)19(15,3)4)21-11-14(12-7-8-12)22-18(24)25-6-2;/h12-16H,5-11H2,1-4H3,(H,22,24)(H2,20,21,23);1H. The van der Waals surface area contributed by atoms with Gasteiger partial charge in [-0.3, -0.25) is 4.99 Å². The Morgan fingerprint density at radius 1 is 1.30 bits per heavy atom. The summed E-state index contributed by atoms with van der Waals surface area (Å²) in [5.74, 6) is 1.90. The minimum Gasteiger partial charge on any atom is -0.450 e. The third-order valence-electron chi connectivity index (χ3n) is 5.95. The number of carbonyl (C=O) groups is 1. The molecule has 4 unspecified atom stereocenters. The summed E-state index contributed by atoms with van der Waals surface area (Å²) >= 11 is 0. The first-order valence-electron chi connectivity index (χ1n) is 10.1. The third kappa shape index (κ3) is 5.19. The maximum absolute atomic E-state index is 11.8. The number of hydrogen-bond donors (Lipinski definition) is 3. The molecule has 2 saturated carbocycles. The number of alkyl carbamates (subject to hydrolysis) is 1. The summed E-state index contributed by atoms with van der Waals surface area (Å²) < 4.78 is 10.9. The van der Waals surface area contributed by atoms with Crippen LogP contribution in [0.1, 0.15) is 47.0 Å². The molecule has 3 aliphatic rings. The van der Waals surface area contributed by atoms with Gasteiger partial charge in [0.1, 0.15) is 0 Å². The van der Waals surface area contributed by atoms with Gasteiger partial charge in [-0.2, -0.15) is 0 Å². The molecule has 4 atom stereocenters. The molecule has 3 N–H and O–H groups in total. The molecular weight excluding hydrogens is 459 g/mol. The summed E-state index contributed by atoms with van der Waals surface area (Å²) in [7, 11) is 0. The van der Waals surface area contributed by atoms with Gasteiger partial charge in [-0.15, -0.1) is 24.0 Å². The van der Waals surface area contributed by atoms with E-state index in [4.69, 9.17) is 14.5 Å². The molecule has 0 aromatic heterocycles. The lowest BCUT2D eigenvalue weighted by molar-refractivity contribution is -0.106. The minimum atomic E-state index is -0.344. The van der Waals surface area contributed by atoms with E-state index in [2.05, 4.69) is 36.7 Å². The first-order chi connectivity index (χ1) is 12.5. The fourth-order valence-corrected chi connectivity index (χ4v) is 4.41. The van der Waals surface area contributed by atoms with Crippen LogP contribution >= 0.6 is 24.0 Å². The molecule has 1 aliphatic heterocycles. The van der Waals surface area contributed by atoms with Gasteiger partial charge in [0.15, 0.2) is 5.96 Å². The van der Waals surface area contributed by atoms with E-state index >= 15 is 0 Å². The van der Waals surface area contributed by atoms with E-state index in [-0.39, 0.29) is 41.5 Å².